The lowest BCUT2D eigenvalue weighted by Gasteiger charge is -2.13. The average molecular weight is 297 g/mol. The summed E-state index contributed by atoms with van der Waals surface area (Å²) in [4.78, 5) is 19.1. The molecule has 1 heterocycles. The molecule has 0 aliphatic rings. The first-order chi connectivity index (χ1) is 10.2. The van der Waals surface area contributed by atoms with Gasteiger partial charge in [-0.25, -0.2) is 4.98 Å². The first-order valence-electron chi connectivity index (χ1n) is 6.67. The van der Waals surface area contributed by atoms with E-state index in [9.17, 15) is 4.79 Å². The molecule has 0 fully saturated rings. The average Bonchev–Trinajstić information content (AvgIpc) is 2.89. The molecule has 3 rings (SSSR count). The molecule has 21 heavy (non-hydrogen) atoms. The van der Waals surface area contributed by atoms with Gasteiger partial charge in [0.05, 0.1) is 11.0 Å². The molecule has 0 aliphatic carbocycles. The fourth-order valence-electron chi connectivity index (χ4n) is 2.20. The molecule has 1 aromatic heterocycles. The van der Waals surface area contributed by atoms with Crippen molar-refractivity contribution in [3.8, 4) is 0 Å². The Morgan fingerprint density at radius 2 is 1.86 bits per heavy atom. The molecule has 1 amide bonds. The van der Waals surface area contributed by atoms with Crippen LogP contribution in [0.4, 0.5) is 0 Å². The fourth-order valence-corrected chi connectivity index (χ4v) is 3.33. The summed E-state index contributed by atoms with van der Waals surface area (Å²) in [6.07, 6.45) is 0.283. The highest BCUT2D eigenvalue weighted by molar-refractivity contribution is 7.99. The highest BCUT2D eigenvalue weighted by Crippen LogP contribution is 2.36. The van der Waals surface area contributed by atoms with Gasteiger partial charge in [0.2, 0.25) is 5.91 Å². The van der Waals surface area contributed by atoms with Crippen molar-refractivity contribution < 1.29 is 4.79 Å². The van der Waals surface area contributed by atoms with Gasteiger partial charge in [-0.2, -0.15) is 0 Å². The van der Waals surface area contributed by atoms with Gasteiger partial charge < -0.3 is 10.7 Å². The first-order valence-corrected chi connectivity index (χ1v) is 7.55. The van der Waals surface area contributed by atoms with Crippen molar-refractivity contribution >= 4 is 28.7 Å². The Balaban J connectivity index is 1.88. The van der Waals surface area contributed by atoms with Crippen LogP contribution in [0, 0.1) is 0 Å². The van der Waals surface area contributed by atoms with E-state index in [0.29, 0.717) is 0 Å². The van der Waals surface area contributed by atoms with Crippen LogP contribution in [-0.2, 0) is 4.79 Å². The van der Waals surface area contributed by atoms with Crippen molar-refractivity contribution in [2.75, 3.05) is 0 Å². The third-order valence-corrected chi connectivity index (χ3v) is 4.32. The standard InChI is InChI=1S/C16H15N3OS/c17-15(20)10-14(11-6-2-1-3-7-11)21-16-18-12-8-4-5-9-13(12)19-16/h1-9,14H,10H2,(H2,17,20)(H,18,19). The lowest BCUT2D eigenvalue weighted by atomic mass is 10.1. The van der Waals surface area contributed by atoms with Crippen LogP contribution in [-0.4, -0.2) is 15.9 Å². The Morgan fingerprint density at radius 3 is 2.57 bits per heavy atom. The van der Waals surface area contributed by atoms with E-state index in [1.807, 2.05) is 54.6 Å². The number of nitrogens with two attached hydrogens (primary N) is 1. The number of nitrogens with zero attached hydrogens (tertiary/aromatic N) is 1. The molecule has 0 aliphatic heterocycles. The molecule has 0 saturated carbocycles. The van der Waals surface area contributed by atoms with Crippen molar-refractivity contribution in [1.29, 1.82) is 0 Å². The van der Waals surface area contributed by atoms with E-state index in [1.165, 1.54) is 11.8 Å². The summed E-state index contributed by atoms with van der Waals surface area (Å²) in [5.41, 5.74) is 8.36. The van der Waals surface area contributed by atoms with E-state index in [2.05, 4.69) is 9.97 Å². The third-order valence-electron chi connectivity index (χ3n) is 3.18. The Bertz CT molecular complexity index is 721. The number of carbonyl (C=O) groups excluding carboxylic acids is 1. The number of aromatic amines is 1. The zero-order chi connectivity index (χ0) is 14.7. The number of aromatic nitrogens is 2. The minimum atomic E-state index is -0.313. The molecule has 3 N–H and O–H groups in total. The van der Waals surface area contributed by atoms with Crippen LogP contribution in [0.1, 0.15) is 17.2 Å². The van der Waals surface area contributed by atoms with E-state index < -0.39 is 0 Å². The van der Waals surface area contributed by atoms with E-state index in [1.54, 1.807) is 0 Å². The minimum absolute atomic E-state index is 0.0377. The molecule has 5 heteroatoms. The summed E-state index contributed by atoms with van der Waals surface area (Å²) in [5, 5.41) is 0.760. The highest BCUT2D eigenvalue weighted by atomic mass is 32.2. The molecular formula is C16H15N3OS. The topological polar surface area (TPSA) is 71.8 Å². The van der Waals surface area contributed by atoms with Gasteiger partial charge in [0.25, 0.3) is 0 Å². The zero-order valence-corrected chi connectivity index (χ0v) is 12.1. The Labute approximate surface area is 126 Å². The van der Waals surface area contributed by atoms with Crippen molar-refractivity contribution in [2.45, 2.75) is 16.8 Å². The second-order valence-corrected chi connectivity index (χ2v) is 5.94. The number of rotatable bonds is 5. The van der Waals surface area contributed by atoms with E-state index >= 15 is 0 Å². The van der Waals surface area contributed by atoms with Crippen molar-refractivity contribution in [3.05, 3.63) is 60.2 Å². The number of nitrogens with one attached hydrogen (secondary N) is 1. The monoisotopic (exact) mass is 297 g/mol. The van der Waals surface area contributed by atoms with Crippen molar-refractivity contribution in [3.63, 3.8) is 0 Å². The van der Waals surface area contributed by atoms with Gasteiger partial charge in [0.15, 0.2) is 5.16 Å². The Morgan fingerprint density at radius 1 is 1.14 bits per heavy atom. The number of fused-ring (bicyclic) bond motifs is 1. The lowest BCUT2D eigenvalue weighted by Crippen LogP contribution is -2.14. The predicted molar refractivity (Wildman–Crippen MR) is 84.9 cm³/mol. The summed E-state index contributed by atoms with van der Waals surface area (Å²) in [6.45, 7) is 0. The van der Waals surface area contributed by atoms with Gasteiger partial charge in [-0.05, 0) is 17.7 Å². The molecule has 0 spiro atoms. The molecule has 0 radical (unpaired) electrons. The molecule has 1 unspecified atom stereocenters. The second-order valence-electron chi connectivity index (χ2n) is 4.75. The van der Waals surface area contributed by atoms with Gasteiger partial charge in [-0.15, -0.1) is 0 Å². The van der Waals surface area contributed by atoms with Crippen LogP contribution in [0.2, 0.25) is 0 Å². The van der Waals surface area contributed by atoms with Crippen LogP contribution >= 0.6 is 11.8 Å². The molecule has 3 aromatic rings. The van der Waals surface area contributed by atoms with Crippen LogP contribution in [0.5, 0.6) is 0 Å². The highest BCUT2D eigenvalue weighted by Gasteiger charge is 2.17. The van der Waals surface area contributed by atoms with Crippen LogP contribution in [0.3, 0.4) is 0 Å². The van der Waals surface area contributed by atoms with Crippen molar-refractivity contribution in [1.82, 2.24) is 9.97 Å². The summed E-state index contributed by atoms with van der Waals surface area (Å²) in [5.74, 6) is -0.313. The van der Waals surface area contributed by atoms with Crippen LogP contribution in [0.15, 0.2) is 59.8 Å². The normalized spacial score (nSPS) is 12.4. The number of imidazole rings is 1. The summed E-state index contributed by atoms with van der Waals surface area (Å²) < 4.78 is 0. The van der Waals surface area contributed by atoms with Crippen LogP contribution < -0.4 is 5.73 Å². The molecule has 0 bridgehead atoms. The van der Waals surface area contributed by atoms with Gasteiger partial charge in [-0.3, -0.25) is 4.79 Å². The Hall–Kier alpha value is -2.27. The predicted octanol–water partition coefficient (Wildman–Crippen LogP) is 3.27. The number of thioether (sulfide) groups is 1. The first kappa shape index (κ1) is 13.7. The third kappa shape index (κ3) is 3.25. The lowest BCUT2D eigenvalue weighted by molar-refractivity contribution is -0.118. The van der Waals surface area contributed by atoms with Gasteiger partial charge in [0, 0.05) is 11.7 Å². The molecular weight excluding hydrogens is 282 g/mol. The van der Waals surface area contributed by atoms with E-state index in [-0.39, 0.29) is 17.6 Å². The Kier molecular flexibility index (Phi) is 3.92. The number of para-hydroxylation sites is 2. The maximum Gasteiger partial charge on any atom is 0.218 e. The second kappa shape index (κ2) is 6.01. The quantitative estimate of drug-likeness (QED) is 0.710. The number of H-pyrrole nitrogens is 1. The summed E-state index contributed by atoms with van der Waals surface area (Å²) >= 11 is 1.53. The number of hydrogen-bond acceptors (Lipinski definition) is 3. The zero-order valence-electron chi connectivity index (χ0n) is 11.3. The largest absolute Gasteiger partial charge is 0.370 e. The summed E-state index contributed by atoms with van der Waals surface area (Å²) in [7, 11) is 0. The van der Waals surface area contributed by atoms with E-state index in [0.717, 1.165) is 21.8 Å². The fraction of sp³-hybridized carbons (Fsp3) is 0.125. The van der Waals surface area contributed by atoms with Crippen LogP contribution in [0.25, 0.3) is 11.0 Å². The maximum absolute atomic E-state index is 11.3. The number of amides is 1. The van der Waals surface area contributed by atoms with Gasteiger partial charge in [0.1, 0.15) is 0 Å². The SMILES string of the molecule is NC(=O)CC(Sc1nc2ccccc2[nH]1)c1ccccc1. The van der Waals surface area contributed by atoms with Gasteiger partial charge in [-0.1, -0.05) is 54.2 Å². The molecule has 2 aromatic carbocycles. The number of hydrogen-bond donors (Lipinski definition) is 2. The number of benzene rings is 2. The molecule has 1 atom stereocenters. The smallest absolute Gasteiger partial charge is 0.218 e. The maximum atomic E-state index is 11.3. The van der Waals surface area contributed by atoms with Crippen molar-refractivity contribution in [2.24, 2.45) is 5.73 Å². The molecule has 0 saturated heterocycles. The number of carbonyl (C=O) groups is 1. The van der Waals surface area contributed by atoms with E-state index in [4.69, 9.17) is 5.73 Å². The molecule has 106 valence electrons. The summed E-state index contributed by atoms with van der Waals surface area (Å²) in [6, 6.07) is 17.7. The molecule has 4 nitrogen and oxygen atoms in total. The van der Waals surface area contributed by atoms with Gasteiger partial charge >= 0.3 is 0 Å². The minimum Gasteiger partial charge on any atom is -0.370 e. The number of primary amides is 1.